The first-order valence-corrected chi connectivity index (χ1v) is 11.5. The molecule has 0 aromatic carbocycles. The molecule has 150 valence electrons. The van der Waals surface area contributed by atoms with Crippen LogP contribution in [0.4, 0.5) is 0 Å². The van der Waals surface area contributed by atoms with Crippen molar-refractivity contribution < 1.29 is 51.5 Å². The summed E-state index contributed by atoms with van der Waals surface area (Å²) in [6.45, 7) is 6.52. The van der Waals surface area contributed by atoms with Crippen LogP contribution in [0.5, 0.6) is 0 Å². The van der Waals surface area contributed by atoms with E-state index in [2.05, 4.69) is 13.8 Å². The molecule has 3 fully saturated rings. The third-order valence-electron chi connectivity index (χ3n) is 8.37. The quantitative estimate of drug-likeness (QED) is 0.416. The first kappa shape index (κ1) is 22.7. The average molecular weight is 418 g/mol. The van der Waals surface area contributed by atoms with Gasteiger partial charge in [0.2, 0.25) is 0 Å². The average Bonchev–Trinajstić information content (AvgIpc) is 2.84. The molecule has 0 heterocycles. The summed E-state index contributed by atoms with van der Waals surface area (Å²) in [5, 5.41) is 0. The summed E-state index contributed by atoms with van der Waals surface area (Å²) < 4.78 is 37.1. The maximum Gasteiger partial charge on any atom is 1.00 e. The molecule has 1 N–H and O–H groups in total. The molecule has 5 nitrogen and oxygen atoms in total. The summed E-state index contributed by atoms with van der Waals surface area (Å²) in [5.74, 6) is 1.65. The minimum Gasteiger partial charge on any atom is -0.295 e. The van der Waals surface area contributed by atoms with Gasteiger partial charge in [-0.25, -0.2) is 4.18 Å². The zero-order chi connectivity index (χ0) is 19.6. The molecule has 4 aliphatic carbocycles. The number of rotatable bonds is 2. The zero-order valence-electron chi connectivity index (χ0n) is 17.4. The molecule has 4 aliphatic rings. The van der Waals surface area contributed by atoms with E-state index >= 15 is 0 Å². The molecule has 3 saturated carbocycles. The fourth-order valence-corrected chi connectivity index (χ4v) is 7.63. The number of hydrogen-bond acceptors (Lipinski definition) is 4. The molecule has 0 aliphatic heterocycles. The van der Waals surface area contributed by atoms with Gasteiger partial charge in [-0.3, -0.25) is 9.35 Å². The predicted octanol–water partition coefficient (Wildman–Crippen LogP) is 1.27. The SMILES string of the molecule is C/C=C1\C(OS(=O)(=O)O)CC2C3CCC4=CC(=O)CCC4(C)C3CCC12C.[Na+]. The molecule has 0 aromatic heterocycles. The van der Waals surface area contributed by atoms with E-state index in [0.717, 1.165) is 37.7 Å². The van der Waals surface area contributed by atoms with E-state index in [1.54, 1.807) is 0 Å². The van der Waals surface area contributed by atoms with Crippen molar-refractivity contribution in [1.82, 2.24) is 0 Å². The summed E-state index contributed by atoms with van der Waals surface area (Å²) >= 11 is 0. The van der Waals surface area contributed by atoms with Crippen molar-refractivity contribution in [2.75, 3.05) is 0 Å². The van der Waals surface area contributed by atoms with Crippen LogP contribution in [-0.2, 0) is 19.4 Å². The van der Waals surface area contributed by atoms with Gasteiger partial charge in [0, 0.05) is 6.42 Å². The van der Waals surface area contributed by atoms with E-state index in [9.17, 15) is 17.8 Å². The van der Waals surface area contributed by atoms with E-state index in [0.29, 0.717) is 30.6 Å². The van der Waals surface area contributed by atoms with Crippen molar-refractivity contribution in [3.63, 3.8) is 0 Å². The second-order valence-electron chi connectivity index (χ2n) is 9.42. The Morgan fingerprint density at radius 1 is 1.14 bits per heavy atom. The van der Waals surface area contributed by atoms with Crippen molar-refractivity contribution in [3.8, 4) is 0 Å². The van der Waals surface area contributed by atoms with E-state index in [4.69, 9.17) is 4.18 Å². The molecule has 0 spiro atoms. The van der Waals surface area contributed by atoms with Crippen molar-refractivity contribution in [1.29, 1.82) is 0 Å². The fourth-order valence-electron chi connectivity index (χ4n) is 7.15. The van der Waals surface area contributed by atoms with Gasteiger partial charge in [0.05, 0.1) is 0 Å². The summed E-state index contributed by atoms with van der Waals surface area (Å²) in [7, 11) is -4.47. The molecule has 7 heteroatoms. The van der Waals surface area contributed by atoms with E-state index in [1.807, 2.05) is 19.1 Å². The number of carbonyl (C=O) groups excluding carboxylic acids is 1. The summed E-state index contributed by atoms with van der Waals surface area (Å²) in [4.78, 5) is 11.9. The predicted molar refractivity (Wildman–Crippen MR) is 102 cm³/mol. The second-order valence-corrected chi connectivity index (χ2v) is 10.5. The van der Waals surface area contributed by atoms with E-state index in [-0.39, 0.29) is 46.2 Å². The Hall–Kier alpha value is 0.0200. The molecule has 6 atom stereocenters. The minimum absolute atomic E-state index is 0. The van der Waals surface area contributed by atoms with Crippen LogP contribution in [0.25, 0.3) is 0 Å². The normalized spacial score (nSPS) is 44.2. The number of allylic oxidation sites excluding steroid dienone is 2. The Balaban J connectivity index is 0.00000225. The Kier molecular flexibility index (Phi) is 6.17. The van der Waals surface area contributed by atoms with Gasteiger partial charge in [0.1, 0.15) is 6.10 Å². The Bertz CT molecular complexity index is 832. The molecule has 0 bridgehead atoms. The largest absolute Gasteiger partial charge is 1.00 e. The van der Waals surface area contributed by atoms with Crippen LogP contribution in [0.1, 0.15) is 65.7 Å². The molecule has 0 aromatic rings. The minimum atomic E-state index is -4.47. The zero-order valence-corrected chi connectivity index (χ0v) is 20.2. The molecular weight excluding hydrogens is 387 g/mol. The fraction of sp³-hybridized carbons (Fsp3) is 0.762. The van der Waals surface area contributed by atoms with Gasteiger partial charge in [-0.2, -0.15) is 8.42 Å². The van der Waals surface area contributed by atoms with E-state index in [1.165, 1.54) is 5.57 Å². The van der Waals surface area contributed by atoms with Gasteiger partial charge < -0.3 is 0 Å². The smallest absolute Gasteiger partial charge is 0.295 e. The first-order valence-electron chi connectivity index (χ1n) is 10.1. The van der Waals surface area contributed by atoms with Gasteiger partial charge >= 0.3 is 40.0 Å². The van der Waals surface area contributed by atoms with Crippen molar-refractivity contribution in [3.05, 3.63) is 23.3 Å². The molecular formula is C21H30NaO5S+. The summed E-state index contributed by atoms with van der Waals surface area (Å²) in [6, 6.07) is 0. The molecule has 0 saturated heterocycles. The topological polar surface area (TPSA) is 80.7 Å². The van der Waals surface area contributed by atoms with Crippen molar-refractivity contribution in [2.24, 2.45) is 28.6 Å². The monoisotopic (exact) mass is 417 g/mol. The van der Waals surface area contributed by atoms with Crippen LogP contribution < -0.4 is 29.6 Å². The first-order chi connectivity index (χ1) is 12.6. The van der Waals surface area contributed by atoms with Crippen LogP contribution in [0.15, 0.2) is 23.3 Å². The molecule has 0 radical (unpaired) electrons. The Morgan fingerprint density at radius 3 is 2.50 bits per heavy atom. The Morgan fingerprint density at radius 2 is 1.86 bits per heavy atom. The van der Waals surface area contributed by atoms with E-state index < -0.39 is 16.5 Å². The van der Waals surface area contributed by atoms with Crippen LogP contribution in [0, 0.1) is 28.6 Å². The summed E-state index contributed by atoms with van der Waals surface area (Å²) in [6.07, 6.45) is 9.66. The third kappa shape index (κ3) is 3.52. The maximum atomic E-state index is 11.9. The number of ketones is 1. The molecule has 0 amide bonds. The van der Waals surface area contributed by atoms with Crippen LogP contribution >= 0.6 is 0 Å². The standard InChI is InChI=1S/C21H30O5S.Na/c1-4-16-19(26-27(23,24)25)12-18-15-6-5-13-11-14(22)7-9-20(13,2)17(15)8-10-21(16,18)3;/h4,11,15,17-19H,5-10,12H2,1-3H3,(H,23,24,25);/q;+1/b16-4+;. The molecule has 4 rings (SSSR count). The summed E-state index contributed by atoms with van der Waals surface area (Å²) in [5.41, 5.74) is 2.37. The van der Waals surface area contributed by atoms with Crippen molar-refractivity contribution >= 4 is 16.2 Å². The van der Waals surface area contributed by atoms with Gasteiger partial charge in [0.25, 0.3) is 0 Å². The van der Waals surface area contributed by atoms with Gasteiger partial charge in [-0.05, 0) is 85.7 Å². The van der Waals surface area contributed by atoms with Crippen molar-refractivity contribution in [2.45, 2.75) is 71.8 Å². The Labute approximate surface area is 190 Å². The van der Waals surface area contributed by atoms with Gasteiger partial charge in [-0.1, -0.05) is 25.5 Å². The van der Waals surface area contributed by atoms with Crippen LogP contribution in [0.3, 0.4) is 0 Å². The molecule has 28 heavy (non-hydrogen) atoms. The van der Waals surface area contributed by atoms with Crippen LogP contribution in [-0.4, -0.2) is 24.9 Å². The van der Waals surface area contributed by atoms with Gasteiger partial charge in [0.15, 0.2) is 5.78 Å². The maximum absolute atomic E-state index is 11.9. The number of fused-ring (bicyclic) bond motifs is 5. The number of carbonyl (C=O) groups is 1. The number of hydrogen-bond donors (Lipinski definition) is 1. The second kappa shape index (κ2) is 7.61. The molecule has 6 unspecified atom stereocenters. The van der Waals surface area contributed by atoms with Gasteiger partial charge in [-0.15, -0.1) is 0 Å². The third-order valence-corrected chi connectivity index (χ3v) is 8.85. The van der Waals surface area contributed by atoms with Crippen LogP contribution in [0.2, 0.25) is 0 Å².